The molecule has 0 atom stereocenters. The van der Waals surface area contributed by atoms with Crippen LogP contribution in [0.15, 0.2) is 37.0 Å². The van der Waals surface area contributed by atoms with E-state index in [0.717, 1.165) is 12.8 Å². The molecule has 0 saturated heterocycles. The van der Waals surface area contributed by atoms with Crippen molar-refractivity contribution in [2.75, 3.05) is 0 Å². The van der Waals surface area contributed by atoms with Crippen LogP contribution in [0.1, 0.15) is 52.9 Å². The van der Waals surface area contributed by atoms with Gasteiger partial charge in [0.05, 0.1) is 0 Å². The average molecular weight is 206 g/mol. The summed E-state index contributed by atoms with van der Waals surface area (Å²) in [7, 11) is 0. The highest BCUT2D eigenvalue weighted by Crippen LogP contribution is 2.15. The monoisotopic (exact) mass is 206 g/mol. The minimum Gasteiger partial charge on any atom is -0.103 e. The number of hydrogen-bond donors (Lipinski definition) is 0. The summed E-state index contributed by atoms with van der Waals surface area (Å²) < 4.78 is 0. The zero-order chi connectivity index (χ0) is 11.6. The lowest BCUT2D eigenvalue weighted by Gasteiger charge is -2.10. The minimum atomic E-state index is 0.327. The first kappa shape index (κ1) is 14.2. The van der Waals surface area contributed by atoms with Crippen LogP contribution in [0.5, 0.6) is 0 Å². The van der Waals surface area contributed by atoms with Crippen molar-refractivity contribution in [2.24, 2.45) is 5.41 Å². The second kappa shape index (κ2) is 8.52. The molecule has 0 nitrogen and oxygen atoms in total. The van der Waals surface area contributed by atoms with Gasteiger partial charge in [-0.05, 0) is 37.5 Å². The Hall–Kier alpha value is -0.780. The molecule has 0 spiro atoms. The Labute approximate surface area is 95.8 Å². The summed E-state index contributed by atoms with van der Waals surface area (Å²) in [6.07, 6.45) is 17.0. The molecule has 0 aliphatic heterocycles. The van der Waals surface area contributed by atoms with Crippen molar-refractivity contribution in [3.63, 3.8) is 0 Å². The van der Waals surface area contributed by atoms with Crippen molar-refractivity contribution in [3.05, 3.63) is 37.0 Å². The van der Waals surface area contributed by atoms with Gasteiger partial charge in [-0.3, -0.25) is 0 Å². The molecule has 0 aliphatic rings. The van der Waals surface area contributed by atoms with Gasteiger partial charge in [0.1, 0.15) is 0 Å². The fourth-order valence-corrected chi connectivity index (χ4v) is 1.25. The maximum absolute atomic E-state index is 3.71. The van der Waals surface area contributed by atoms with E-state index < -0.39 is 0 Å². The first-order chi connectivity index (χ1) is 7.06. The van der Waals surface area contributed by atoms with Gasteiger partial charge in [0.25, 0.3) is 0 Å². The maximum atomic E-state index is 3.71. The molecule has 0 heterocycles. The van der Waals surface area contributed by atoms with E-state index in [9.17, 15) is 0 Å². The highest BCUT2D eigenvalue weighted by atomic mass is 14.1. The molecule has 0 aromatic rings. The third kappa shape index (κ3) is 13.2. The molecule has 0 amide bonds. The van der Waals surface area contributed by atoms with Crippen molar-refractivity contribution >= 4 is 0 Å². The highest BCUT2D eigenvalue weighted by molar-refractivity contribution is 4.94. The number of rotatable bonds is 7. The first-order valence-electron chi connectivity index (χ1n) is 6.00. The summed E-state index contributed by atoms with van der Waals surface area (Å²) in [4.78, 5) is 0. The summed E-state index contributed by atoms with van der Waals surface area (Å²) in [5, 5.41) is 0. The number of allylic oxidation sites excluding steroid dienone is 5. The quantitative estimate of drug-likeness (QED) is 0.392. The molecule has 0 saturated carbocycles. The van der Waals surface area contributed by atoms with Crippen molar-refractivity contribution < 1.29 is 0 Å². The van der Waals surface area contributed by atoms with E-state index in [1.165, 1.54) is 19.3 Å². The van der Waals surface area contributed by atoms with Crippen LogP contribution in [0.3, 0.4) is 0 Å². The molecule has 0 N–H and O–H groups in total. The van der Waals surface area contributed by atoms with Crippen LogP contribution < -0.4 is 0 Å². The van der Waals surface area contributed by atoms with Crippen LogP contribution in [0.4, 0.5) is 0 Å². The van der Waals surface area contributed by atoms with Gasteiger partial charge in [0, 0.05) is 0 Å². The third-order valence-electron chi connectivity index (χ3n) is 2.06. The van der Waals surface area contributed by atoms with Crippen molar-refractivity contribution in [3.8, 4) is 0 Å². The van der Waals surface area contributed by atoms with Crippen LogP contribution in [0, 0.1) is 5.41 Å². The van der Waals surface area contributed by atoms with E-state index in [2.05, 4.69) is 51.7 Å². The molecular weight excluding hydrogens is 180 g/mol. The molecule has 0 aromatic carbocycles. The van der Waals surface area contributed by atoms with E-state index in [4.69, 9.17) is 0 Å². The van der Waals surface area contributed by atoms with Crippen LogP contribution in [-0.2, 0) is 0 Å². The van der Waals surface area contributed by atoms with E-state index in [1.54, 1.807) is 0 Å². The molecule has 0 rings (SSSR count). The Bertz CT molecular complexity index is 201. The highest BCUT2D eigenvalue weighted by Gasteiger charge is 2.01. The summed E-state index contributed by atoms with van der Waals surface area (Å²) in [6.45, 7) is 10.4. The zero-order valence-electron chi connectivity index (χ0n) is 10.6. The van der Waals surface area contributed by atoms with Gasteiger partial charge in [0.2, 0.25) is 0 Å². The molecule has 0 fully saturated rings. The third-order valence-corrected chi connectivity index (χ3v) is 2.06. The Kier molecular flexibility index (Phi) is 8.08. The van der Waals surface area contributed by atoms with Gasteiger partial charge in [0.15, 0.2) is 0 Å². The van der Waals surface area contributed by atoms with Crippen molar-refractivity contribution in [2.45, 2.75) is 52.9 Å². The molecule has 0 aromatic heterocycles. The fraction of sp³-hybridized carbons (Fsp3) is 0.600. The Morgan fingerprint density at radius 1 is 0.867 bits per heavy atom. The lowest BCUT2D eigenvalue weighted by molar-refractivity contribution is 0.542. The maximum Gasteiger partial charge on any atom is -0.0203 e. The van der Waals surface area contributed by atoms with Gasteiger partial charge >= 0.3 is 0 Å². The molecule has 0 bridgehead atoms. The summed E-state index contributed by atoms with van der Waals surface area (Å²) in [5.74, 6) is 0. The smallest absolute Gasteiger partial charge is 0.0203 e. The van der Waals surface area contributed by atoms with Crippen LogP contribution in [0.2, 0.25) is 0 Å². The summed E-state index contributed by atoms with van der Waals surface area (Å²) in [6, 6.07) is 0. The average Bonchev–Trinajstić information content (AvgIpc) is 2.14. The lowest BCUT2D eigenvalue weighted by atomic mass is 9.96. The normalized spacial score (nSPS) is 12.7. The number of unbranched alkanes of at least 4 members (excludes halogenated alkanes) is 3. The zero-order valence-corrected chi connectivity index (χ0v) is 10.6. The van der Waals surface area contributed by atoms with Crippen LogP contribution in [-0.4, -0.2) is 0 Å². The van der Waals surface area contributed by atoms with Gasteiger partial charge in [-0.2, -0.15) is 0 Å². The molecule has 0 radical (unpaired) electrons. The fourth-order valence-electron chi connectivity index (χ4n) is 1.25. The Balaban J connectivity index is 3.38. The molecule has 0 unspecified atom stereocenters. The summed E-state index contributed by atoms with van der Waals surface area (Å²) >= 11 is 0. The standard InChI is InChI=1S/C15H26/c1-5-6-7-8-9-10-11-12-13-14-15(2,3)4/h5,9-10,13-14H,1,6-8,11-12H2,2-4H3. The predicted molar refractivity (Wildman–Crippen MR) is 71.0 cm³/mol. The van der Waals surface area contributed by atoms with E-state index in [-0.39, 0.29) is 0 Å². The van der Waals surface area contributed by atoms with Crippen molar-refractivity contribution in [1.82, 2.24) is 0 Å². The largest absolute Gasteiger partial charge is 0.103 e. The Morgan fingerprint density at radius 2 is 1.47 bits per heavy atom. The Morgan fingerprint density at radius 3 is 2.07 bits per heavy atom. The van der Waals surface area contributed by atoms with Crippen LogP contribution >= 0.6 is 0 Å². The van der Waals surface area contributed by atoms with Crippen LogP contribution in [0.25, 0.3) is 0 Å². The molecule has 15 heavy (non-hydrogen) atoms. The molecule has 86 valence electrons. The summed E-state index contributed by atoms with van der Waals surface area (Å²) in [5.41, 5.74) is 0.327. The van der Waals surface area contributed by atoms with Crippen molar-refractivity contribution in [1.29, 1.82) is 0 Å². The van der Waals surface area contributed by atoms with E-state index >= 15 is 0 Å². The second-order valence-electron chi connectivity index (χ2n) is 5.04. The lowest BCUT2D eigenvalue weighted by Crippen LogP contribution is -1.97. The van der Waals surface area contributed by atoms with Gasteiger partial charge < -0.3 is 0 Å². The molecule has 0 aliphatic carbocycles. The molecular formula is C15H26. The minimum absolute atomic E-state index is 0.327. The van der Waals surface area contributed by atoms with E-state index in [0.29, 0.717) is 5.41 Å². The van der Waals surface area contributed by atoms with Gasteiger partial charge in [-0.15, -0.1) is 6.58 Å². The second-order valence-corrected chi connectivity index (χ2v) is 5.04. The first-order valence-corrected chi connectivity index (χ1v) is 6.00. The van der Waals surface area contributed by atoms with Gasteiger partial charge in [-0.25, -0.2) is 0 Å². The SMILES string of the molecule is C=CCCCC=CCCC=CC(C)(C)C. The van der Waals surface area contributed by atoms with E-state index in [1.807, 2.05) is 6.08 Å². The predicted octanol–water partition coefficient (Wildman–Crippen LogP) is 5.28. The number of hydrogen-bond acceptors (Lipinski definition) is 0. The molecule has 0 heteroatoms. The van der Waals surface area contributed by atoms with Gasteiger partial charge in [-0.1, -0.05) is 51.2 Å². The topological polar surface area (TPSA) is 0 Å².